The highest BCUT2D eigenvalue weighted by atomic mass is 35.5. The van der Waals surface area contributed by atoms with Crippen molar-refractivity contribution in [2.75, 3.05) is 19.6 Å². The van der Waals surface area contributed by atoms with E-state index in [9.17, 15) is 4.79 Å². The fraction of sp³-hybridized carbons (Fsp3) is 0.643. The van der Waals surface area contributed by atoms with Crippen LogP contribution in [0.2, 0.25) is 5.22 Å². The zero-order valence-corrected chi connectivity index (χ0v) is 12.2. The molecule has 1 saturated heterocycles. The number of carbonyl (C=O) groups is 1. The van der Waals surface area contributed by atoms with Crippen LogP contribution >= 0.6 is 11.6 Å². The summed E-state index contributed by atoms with van der Waals surface area (Å²) in [5.41, 5.74) is 0. The molecule has 1 aliphatic heterocycles. The van der Waals surface area contributed by atoms with Gasteiger partial charge in [-0.2, -0.15) is 0 Å². The summed E-state index contributed by atoms with van der Waals surface area (Å²) in [6.45, 7) is 6.72. The molecule has 1 fully saturated rings. The van der Waals surface area contributed by atoms with Gasteiger partial charge < -0.3 is 14.6 Å². The molecule has 1 amide bonds. The highest BCUT2D eigenvalue weighted by Crippen LogP contribution is 2.17. The van der Waals surface area contributed by atoms with Crippen molar-refractivity contribution in [2.45, 2.75) is 32.7 Å². The molecule has 0 aliphatic carbocycles. The van der Waals surface area contributed by atoms with E-state index in [1.165, 1.54) is 6.42 Å². The third kappa shape index (κ3) is 3.98. The molecule has 1 aliphatic rings. The maximum absolute atomic E-state index is 12.4. The van der Waals surface area contributed by atoms with E-state index in [2.05, 4.69) is 19.2 Å². The van der Waals surface area contributed by atoms with Gasteiger partial charge in [-0.25, -0.2) is 0 Å². The van der Waals surface area contributed by atoms with Gasteiger partial charge in [-0.15, -0.1) is 0 Å². The van der Waals surface area contributed by atoms with Crippen molar-refractivity contribution in [1.82, 2.24) is 10.2 Å². The van der Waals surface area contributed by atoms with Crippen molar-refractivity contribution >= 4 is 17.5 Å². The molecule has 1 N–H and O–H groups in total. The van der Waals surface area contributed by atoms with Gasteiger partial charge in [0, 0.05) is 19.1 Å². The molecule has 1 atom stereocenters. The number of amides is 1. The minimum absolute atomic E-state index is 0.0747. The average molecular weight is 285 g/mol. The molecular weight excluding hydrogens is 264 g/mol. The summed E-state index contributed by atoms with van der Waals surface area (Å²) < 4.78 is 5.23. The second-order valence-corrected chi connectivity index (χ2v) is 5.87. The molecule has 19 heavy (non-hydrogen) atoms. The molecule has 1 unspecified atom stereocenters. The van der Waals surface area contributed by atoms with Gasteiger partial charge in [0.15, 0.2) is 11.0 Å². The van der Waals surface area contributed by atoms with Crippen LogP contribution in [-0.4, -0.2) is 36.5 Å². The number of hydrogen-bond acceptors (Lipinski definition) is 3. The van der Waals surface area contributed by atoms with Gasteiger partial charge in [0.2, 0.25) is 0 Å². The standard InChI is InChI=1S/C14H21ClN2O2/c1-10(2)8-17(9-11-4-3-7-16-11)14(18)12-5-6-13(15)19-12/h5-6,10-11,16H,3-4,7-9H2,1-2H3. The smallest absolute Gasteiger partial charge is 0.289 e. The highest BCUT2D eigenvalue weighted by molar-refractivity contribution is 6.29. The van der Waals surface area contributed by atoms with E-state index in [1.807, 2.05) is 4.90 Å². The van der Waals surface area contributed by atoms with Gasteiger partial charge in [0.25, 0.3) is 5.91 Å². The zero-order valence-electron chi connectivity index (χ0n) is 11.5. The van der Waals surface area contributed by atoms with E-state index in [4.69, 9.17) is 16.0 Å². The molecule has 4 nitrogen and oxygen atoms in total. The summed E-state index contributed by atoms with van der Waals surface area (Å²) in [4.78, 5) is 14.3. The molecule has 0 aromatic carbocycles. The highest BCUT2D eigenvalue weighted by Gasteiger charge is 2.24. The quantitative estimate of drug-likeness (QED) is 0.904. The first kappa shape index (κ1) is 14.4. The number of hydrogen-bond donors (Lipinski definition) is 1. The molecule has 1 aromatic rings. The maximum Gasteiger partial charge on any atom is 0.289 e. The van der Waals surface area contributed by atoms with Gasteiger partial charge in [0.1, 0.15) is 0 Å². The largest absolute Gasteiger partial charge is 0.440 e. The van der Waals surface area contributed by atoms with Crippen LogP contribution < -0.4 is 5.32 Å². The Morgan fingerprint density at radius 1 is 1.58 bits per heavy atom. The number of nitrogens with one attached hydrogen (secondary N) is 1. The van der Waals surface area contributed by atoms with E-state index in [-0.39, 0.29) is 11.1 Å². The lowest BCUT2D eigenvalue weighted by Gasteiger charge is -2.26. The van der Waals surface area contributed by atoms with E-state index < -0.39 is 0 Å². The Kier molecular flexibility index (Phi) is 4.88. The number of furan rings is 1. The summed E-state index contributed by atoms with van der Waals surface area (Å²) in [6, 6.07) is 3.64. The van der Waals surface area contributed by atoms with E-state index in [0.29, 0.717) is 17.7 Å². The van der Waals surface area contributed by atoms with Crippen LogP contribution in [0.4, 0.5) is 0 Å². The Morgan fingerprint density at radius 3 is 2.89 bits per heavy atom. The van der Waals surface area contributed by atoms with Crippen molar-refractivity contribution in [1.29, 1.82) is 0 Å². The van der Waals surface area contributed by atoms with Crippen molar-refractivity contribution < 1.29 is 9.21 Å². The predicted octanol–water partition coefficient (Wildman–Crippen LogP) is 2.78. The molecule has 5 heteroatoms. The molecule has 2 heterocycles. The lowest BCUT2D eigenvalue weighted by Crippen LogP contribution is -2.42. The van der Waals surface area contributed by atoms with Crippen molar-refractivity contribution in [3.8, 4) is 0 Å². The molecule has 0 spiro atoms. The monoisotopic (exact) mass is 284 g/mol. The topological polar surface area (TPSA) is 45.5 Å². The van der Waals surface area contributed by atoms with Crippen LogP contribution in [0.15, 0.2) is 16.5 Å². The van der Waals surface area contributed by atoms with E-state index >= 15 is 0 Å². The van der Waals surface area contributed by atoms with Gasteiger partial charge in [-0.1, -0.05) is 13.8 Å². The van der Waals surface area contributed by atoms with Gasteiger partial charge >= 0.3 is 0 Å². The van der Waals surface area contributed by atoms with Crippen molar-refractivity contribution in [3.63, 3.8) is 0 Å². The van der Waals surface area contributed by atoms with Crippen molar-refractivity contribution in [2.24, 2.45) is 5.92 Å². The minimum atomic E-state index is -0.0747. The Balaban J connectivity index is 2.05. The summed E-state index contributed by atoms with van der Waals surface area (Å²) >= 11 is 5.74. The normalized spacial score (nSPS) is 19.1. The first-order valence-electron chi connectivity index (χ1n) is 6.84. The van der Waals surface area contributed by atoms with Crippen molar-refractivity contribution in [3.05, 3.63) is 23.1 Å². The van der Waals surface area contributed by atoms with Gasteiger partial charge in [0.05, 0.1) is 0 Å². The maximum atomic E-state index is 12.4. The van der Waals surface area contributed by atoms with Crippen LogP contribution in [-0.2, 0) is 0 Å². The Labute approximate surface area is 119 Å². The first-order chi connectivity index (χ1) is 9.06. The van der Waals surface area contributed by atoms with E-state index in [0.717, 1.165) is 26.1 Å². The van der Waals surface area contributed by atoms with Crippen LogP contribution in [0.3, 0.4) is 0 Å². The molecule has 0 saturated carbocycles. The van der Waals surface area contributed by atoms with Crippen LogP contribution in [0.5, 0.6) is 0 Å². The van der Waals surface area contributed by atoms with Gasteiger partial charge in [-0.05, 0) is 49.0 Å². The second kappa shape index (κ2) is 6.44. The summed E-state index contributed by atoms with van der Waals surface area (Å²) in [6.07, 6.45) is 2.31. The van der Waals surface area contributed by atoms with E-state index in [1.54, 1.807) is 12.1 Å². The number of nitrogens with zero attached hydrogens (tertiary/aromatic N) is 1. The molecule has 2 rings (SSSR count). The SMILES string of the molecule is CC(C)CN(CC1CCCN1)C(=O)c1ccc(Cl)o1. The van der Waals surface area contributed by atoms with Crippen LogP contribution in [0.25, 0.3) is 0 Å². The number of halogens is 1. The third-order valence-corrected chi connectivity index (χ3v) is 3.46. The summed E-state index contributed by atoms with van der Waals surface area (Å²) in [5, 5.41) is 3.68. The summed E-state index contributed by atoms with van der Waals surface area (Å²) in [7, 11) is 0. The minimum Gasteiger partial charge on any atom is -0.440 e. The Morgan fingerprint density at radius 2 is 2.37 bits per heavy atom. The van der Waals surface area contributed by atoms with Crippen LogP contribution in [0, 0.1) is 5.92 Å². The number of carbonyl (C=O) groups excluding carboxylic acids is 1. The first-order valence-corrected chi connectivity index (χ1v) is 7.22. The number of rotatable bonds is 5. The molecular formula is C14H21ClN2O2. The lowest BCUT2D eigenvalue weighted by atomic mass is 10.1. The predicted molar refractivity (Wildman–Crippen MR) is 75.5 cm³/mol. The van der Waals surface area contributed by atoms with Crippen LogP contribution in [0.1, 0.15) is 37.2 Å². The second-order valence-electron chi connectivity index (χ2n) is 5.50. The third-order valence-electron chi connectivity index (χ3n) is 3.26. The Hall–Kier alpha value is -1.00. The fourth-order valence-corrected chi connectivity index (χ4v) is 2.59. The molecule has 1 aromatic heterocycles. The Bertz CT molecular complexity index is 425. The molecule has 106 valence electrons. The average Bonchev–Trinajstić information content (AvgIpc) is 2.98. The zero-order chi connectivity index (χ0) is 13.8. The fourth-order valence-electron chi connectivity index (χ4n) is 2.44. The molecule has 0 bridgehead atoms. The van der Waals surface area contributed by atoms with Gasteiger partial charge in [-0.3, -0.25) is 4.79 Å². The lowest BCUT2D eigenvalue weighted by molar-refractivity contribution is 0.0689. The summed E-state index contributed by atoms with van der Waals surface area (Å²) in [5.74, 6) is 0.675. The molecule has 0 radical (unpaired) electrons.